The first-order valence-corrected chi connectivity index (χ1v) is 5.92. The Morgan fingerprint density at radius 2 is 2.25 bits per heavy atom. The minimum absolute atomic E-state index is 0.00408. The number of pyridine rings is 1. The lowest BCUT2D eigenvalue weighted by Gasteiger charge is -2.25. The van der Waals surface area contributed by atoms with Gasteiger partial charge >= 0.3 is 0 Å². The third-order valence-electron chi connectivity index (χ3n) is 3.07. The highest BCUT2D eigenvalue weighted by Gasteiger charge is 2.19. The van der Waals surface area contributed by atoms with E-state index in [4.69, 9.17) is 0 Å². The quantitative estimate of drug-likeness (QED) is 0.689. The Morgan fingerprint density at radius 3 is 2.81 bits per heavy atom. The highest BCUT2D eigenvalue weighted by molar-refractivity contribution is 5.03. The van der Waals surface area contributed by atoms with Crippen LogP contribution in [-0.2, 0) is 6.42 Å². The first-order chi connectivity index (χ1) is 7.70. The Kier molecular flexibility index (Phi) is 5.43. The third-order valence-corrected chi connectivity index (χ3v) is 3.07. The lowest BCUT2D eigenvalue weighted by atomic mass is 9.89. The molecule has 0 bridgehead atoms. The molecule has 1 aromatic rings. The highest BCUT2D eigenvalue weighted by atomic mass is 16.3. The van der Waals surface area contributed by atoms with Gasteiger partial charge in [-0.3, -0.25) is 4.98 Å². The number of aromatic nitrogens is 1. The zero-order valence-corrected chi connectivity index (χ0v) is 10.2. The van der Waals surface area contributed by atoms with Crippen LogP contribution in [0.5, 0.6) is 0 Å². The van der Waals surface area contributed by atoms with Crippen LogP contribution in [0.3, 0.4) is 0 Å². The molecule has 1 unspecified atom stereocenters. The first kappa shape index (κ1) is 13.1. The highest BCUT2D eigenvalue weighted by Crippen LogP contribution is 2.18. The summed E-state index contributed by atoms with van der Waals surface area (Å²) in [4.78, 5) is 4.26. The summed E-state index contributed by atoms with van der Waals surface area (Å²) in [7, 11) is 0. The standard InChI is InChI=1S/C13H22N2O/c1-3-13(2,11-16)10-14-9-7-12-6-4-5-8-15-12/h4-6,8,14,16H,3,7,9-11H2,1-2H3. The number of aliphatic hydroxyl groups excluding tert-OH is 1. The molecule has 1 heterocycles. The lowest BCUT2D eigenvalue weighted by Crippen LogP contribution is -2.35. The second-order valence-electron chi connectivity index (χ2n) is 4.57. The van der Waals surface area contributed by atoms with E-state index in [1.807, 2.05) is 24.4 Å². The molecule has 3 heteroatoms. The van der Waals surface area contributed by atoms with Crippen LogP contribution in [0.15, 0.2) is 24.4 Å². The second kappa shape index (κ2) is 6.61. The van der Waals surface area contributed by atoms with Crippen LogP contribution in [0.4, 0.5) is 0 Å². The van der Waals surface area contributed by atoms with Gasteiger partial charge in [0.1, 0.15) is 0 Å². The molecule has 0 aliphatic rings. The summed E-state index contributed by atoms with van der Waals surface area (Å²) in [5, 5.41) is 12.6. The minimum Gasteiger partial charge on any atom is -0.396 e. The van der Waals surface area contributed by atoms with Crippen molar-refractivity contribution in [1.29, 1.82) is 0 Å². The SMILES string of the molecule is CCC(C)(CO)CNCCc1ccccn1. The van der Waals surface area contributed by atoms with E-state index < -0.39 is 0 Å². The molecule has 0 fully saturated rings. The molecule has 1 aromatic heterocycles. The number of aliphatic hydroxyl groups is 1. The van der Waals surface area contributed by atoms with Gasteiger partial charge < -0.3 is 10.4 Å². The minimum atomic E-state index is 0.00408. The topological polar surface area (TPSA) is 45.1 Å². The number of hydrogen-bond donors (Lipinski definition) is 2. The first-order valence-electron chi connectivity index (χ1n) is 5.92. The van der Waals surface area contributed by atoms with Crippen LogP contribution in [0.25, 0.3) is 0 Å². The third kappa shape index (κ3) is 4.29. The van der Waals surface area contributed by atoms with Gasteiger partial charge in [0.25, 0.3) is 0 Å². The van der Waals surface area contributed by atoms with Crippen molar-refractivity contribution in [3.05, 3.63) is 30.1 Å². The van der Waals surface area contributed by atoms with Crippen molar-refractivity contribution in [1.82, 2.24) is 10.3 Å². The number of nitrogens with zero attached hydrogens (tertiary/aromatic N) is 1. The average Bonchev–Trinajstić information content (AvgIpc) is 2.36. The summed E-state index contributed by atoms with van der Waals surface area (Å²) in [6, 6.07) is 5.97. The molecule has 0 amide bonds. The molecule has 16 heavy (non-hydrogen) atoms. The van der Waals surface area contributed by atoms with E-state index in [2.05, 4.69) is 24.1 Å². The van der Waals surface area contributed by atoms with E-state index in [1.165, 1.54) is 0 Å². The summed E-state index contributed by atoms with van der Waals surface area (Å²) in [5.74, 6) is 0. The fourth-order valence-electron chi connectivity index (χ4n) is 1.45. The fraction of sp³-hybridized carbons (Fsp3) is 0.615. The Bertz CT molecular complexity index is 283. The maximum Gasteiger partial charge on any atom is 0.0496 e. The van der Waals surface area contributed by atoms with Crippen molar-refractivity contribution >= 4 is 0 Å². The van der Waals surface area contributed by atoms with Crippen LogP contribution in [0.2, 0.25) is 0 Å². The van der Waals surface area contributed by atoms with E-state index in [-0.39, 0.29) is 12.0 Å². The summed E-state index contributed by atoms with van der Waals surface area (Å²) < 4.78 is 0. The second-order valence-corrected chi connectivity index (χ2v) is 4.57. The van der Waals surface area contributed by atoms with E-state index in [9.17, 15) is 5.11 Å². The molecule has 0 saturated heterocycles. The van der Waals surface area contributed by atoms with Crippen LogP contribution in [0.1, 0.15) is 26.0 Å². The van der Waals surface area contributed by atoms with Gasteiger partial charge in [-0.2, -0.15) is 0 Å². The van der Waals surface area contributed by atoms with Crippen molar-refractivity contribution in [3.8, 4) is 0 Å². The Labute approximate surface area is 97.9 Å². The van der Waals surface area contributed by atoms with Crippen molar-refractivity contribution in [2.75, 3.05) is 19.7 Å². The summed E-state index contributed by atoms with van der Waals surface area (Å²) >= 11 is 0. The van der Waals surface area contributed by atoms with Gasteiger partial charge in [-0.25, -0.2) is 0 Å². The molecule has 2 N–H and O–H groups in total. The maximum absolute atomic E-state index is 9.25. The normalized spacial score (nSPS) is 14.7. The van der Waals surface area contributed by atoms with Gasteiger partial charge in [-0.05, 0) is 18.6 Å². The molecule has 1 rings (SSSR count). The van der Waals surface area contributed by atoms with Crippen LogP contribution >= 0.6 is 0 Å². The zero-order chi connectivity index (χ0) is 11.9. The molecule has 0 aliphatic carbocycles. The summed E-state index contributed by atoms with van der Waals surface area (Å²) in [6.07, 6.45) is 3.74. The van der Waals surface area contributed by atoms with E-state index in [0.717, 1.165) is 31.6 Å². The number of rotatable bonds is 7. The lowest BCUT2D eigenvalue weighted by molar-refractivity contribution is 0.136. The molecule has 0 aliphatic heterocycles. The molecular formula is C13H22N2O. The van der Waals surface area contributed by atoms with Crippen molar-refractivity contribution in [2.45, 2.75) is 26.7 Å². The molecule has 3 nitrogen and oxygen atoms in total. The molecule has 0 saturated carbocycles. The maximum atomic E-state index is 9.25. The van der Waals surface area contributed by atoms with Crippen molar-refractivity contribution < 1.29 is 5.11 Å². The van der Waals surface area contributed by atoms with Gasteiger partial charge in [0.2, 0.25) is 0 Å². The smallest absolute Gasteiger partial charge is 0.0496 e. The van der Waals surface area contributed by atoms with Gasteiger partial charge in [-0.15, -0.1) is 0 Å². The predicted octanol–water partition coefficient (Wildman–Crippen LogP) is 1.62. The molecule has 1 atom stereocenters. The molecule has 0 radical (unpaired) electrons. The Morgan fingerprint density at radius 1 is 1.44 bits per heavy atom. The van der Waals surface area contributed by atoms with Gasteiger partial charge in [0.05, 0.1) is 0 Å². The van der Waals surface area contributed by atoms with Gasteiger partial charge in [0.15, 0.2) is 0 Å². The molecule has 0 spiro atoms. The summed E-state index contributed by atoms with van der Waals surface area (Å²) in [5.41, 5.74) is 1.11. The molecule has 0 aromatic carbocycles. The van der Waals surface area contributed by atoms with Crippen molar-refractivity contribution in [3.63, 3.8) is 0 Å². The van der Waals surface area contributed by atoms with E-state index >= 15 is 0 Å². The van der Waals surface area contributed by atoms with E-state index in [1.54, 1.807) is 0 Å². The molecular weight excluding hydrogens is 200 g/mol. The number of nitrogens with one attached hydrogen (secondary N) is 1. The average molecular weight is 222 g/mol. The van der Waals surface area contributed by atoms with Crippen LogP contribution in [-0.4, -0.2) is 29.8 Å². The Hall–Kier alpha value is -0.930. The molecule has 90 valence electrons. The van der Waals surface area contributed by atoms with Gasteiger partial charge in [0, 0.05) is 43.4 Å². The van der Waals surface area contributed by atoms with Crippen LogP contribution < -0.4 is 5.32 Å². The van der Waals surface area contributed by atoms with Crippen LogP contribution in [0, 0.1) is 5.41 Å². The predicted molar refractivity (Wildman–Crippen MR) is 66.3 cm³/mol. The largest absolute Gasteiger partial charge is 0.396 e. The zero-order valence-electron chi connectivity index (χ0n) is 10.2. The monoisotopic (exact) mass is 222 g/mol. The van der Waals surface area contributed by atoms with Crippen molar-refractivity contribution in [2.24, 2.45) is 5.41 Å². The Balaban J connectivity index is 2.22. The van der Waals surface area contributed by atoms with Gasteiger partial charge in [-0.1, -0.05) is 19.9 Å². The van der Waals surface area contributed by atoms with E-state index in [0.29, 0.717) is 0 Å². The fourth-order valence-corrected chi connectivity index (χ4v) is 1.45. The summed E-state index contributed by atoms with van der Waals surface area (Å²) in [6.45, 7) is 6.21. The number of hydrogen-bond acceptors (Lipinski definition) is 3.